The third kappa shape index (κ3) is 15.2. The van der Waals surface area contributed by atoms with Crippen molar-refractivity contribution in [2.24, 2.45) is 0 Å². The summed E-state index contributed by atoms with van der Waals surface area (Å²) >= 11 is 5.61. The van der Waals surface area contributed by atoms with E-state index in [-0.39, 0.29) is 40.3 Å². The van der Waals surface area contributed by atoms with Crippen molar-refractivity contribution in [3.05, 3.63) is 76.9 Å². The molecule has 3 aromatic carbocycles. The van der Waals surface area contributed by atoms with Crippen molar-refractivity contribution in [2.45, 2.75) is 148 Å². The molecule has 0 aromatic heterocycles. The second kappa shape index (κ2) is 27.3. The number of hydrogen-bond acceptors (Lipinski definition) is 24. The van der Waals surface area contributed by atoms with Crippen molar-refractivity contribution >= 4 is 76.7 Å². The van der Waals surface area contributed by atoms with Crippen LogP contribution >= 0.6 is 12.2 Å². The van der Waals surface area contributed by atoms with E-state index in [2.05, 4.69) is 16.0 Å². The van der Waals surface area contributed by atoms with Gasteiger partial charge in [-0.25, -0.2) is 4.79 Å². The van der Waals surface area contributed by atoms with Crippen LogP contribution in [0.3, 0.4) is 0 Å². The lowest BCUT2D eigenvalue weighted by molar-refractivity contribution is -0.346. The van der Waals surface area contributed by atoms with Gasteiger partial charge in [0.1, 0.15) is 66.7 Å². The largest absolute Gasteiger partial charge is 0.463 e. The zero-order chi connectivity index (χ0) is 59.6. The lowest BCUT2D eigenvalue weighted by Crippen LogP contribution is -2.69. The number of amides is 1. The highest BCUT2D eigenvalue weighted by Gasteiger charge is 2.57. The van der Waals surface area contributed by atoms with Gasteiger partial charge in [0.15, 0.2) is 41.6 Å². The van der Waals surface area contributed by atoms with Crippen molar-refractivity contribution in [3.8, 4) is 23.0 Å². The molecule has 0 aliphatic carbocycles. The molecule has 1 amide bonds. The van der Waals surface area contributed by atoms with Crippen molar-refractivity contribution in [2.75, 3.05) is 31.7 Å². The van der Waals surface area contributed by atoms with Crippen LogP contribution in [0.25, 0.3) is 0 Å². The fourth-order valence-electron chi connectivity index (χ4n) is 9.78. The number of aliphatic hydroxyl groups excluding tert-OH is 1. The van der Waals surface area contributed by atoms with Crippen LogP contribution in [-0.4, -0.2) is 152 Å². The van der Waals surface area contributed by atoms with Gasteiger partial charge in [-0.2, -0.15) is 0 Å². The van der Waals surface area contributed by atoms with Gasteiger partial charge in [0.2, 0.25) is 5.91 Å². The predicted molar refractivity (Wildman–Crippen MR) is 282 cm³/mol. The van der Waals surface area contributed by atoms with Crippen LogP contribution in [0.2, 0.25) is 0 Å². The molecule has 26 nitrogen and oxygen atoms in total. The van der Waals surface area contributed by atoms with Gasteiger partial charge in [0.25, 0.3) is 0 Å². The summed E-state index contributed by atoms with van der Waals surface area (Å²) in [5.74, 6) is -5.61. The van der Waals surface area contributed by atoms with E-state index >= 15 is 0 Å². The van der Waals surface area contributed by atoms with Gasteiger partial charge in [0.05, 0.1) is 5.56 Å². The number of unbranched alkanes of at least 4 members (excludes halogenated alkanes) is 3. The van der Waals surface area contributed by atoms with E-state index in [1.54, 1.807) is 42.5 Å². The first-order valence-corrected chi connectivity index (χ1v) is 26.4. The number of carbonyl (C=O) groups excluding carboxylic acids is 9. The lowest BCUT2D eigenvalue weighted by Gasteiger charge is -2.48. The van der Waals surface area contributed by atoms with Crippen LogP contribution in [0.1, 0.15) is 108 Å². The Hall–Kier alpha value is -7.82. The van der Waals surface area contributed by atoms with E-state index in [4.69, 9.17) is 73.8 Å². The molecule has 82 heavy (non-hydrogen) atoms. The number of benzene rings is 3. The maximum atomic E-state index is 13.8. The van der Waals surface area contributed by atoms with Crippen LogP contribution in [0.4, 0.5) is 5.69 Å². The zero-order valence-electron chi connectivity index (χ0n) is 46.0. The highest BCUT2D eigenvalue weighted by molar-refractivity contribution is 7.80. The standard InChI is InChI=1S/C55H63N3O23S/c1-26(59)57-45-48(80-53-50(76-33(8)66)49(75-32(7)65)47(74-31(6)64)44(79-53)25-71-28(3)61)46(67)43(24-70-27(2)60)78-52(45)69-20-12-10-9-11-19-56-54(82)58-34-13-16-38-37(21-34)51(68)81-55(38)39-17-14-35(72-29(4)62)22-41(39)77-42-23-36(73-30(5)63)15-18-40(42)55/h13-18,21-23,43-50,52-53,67H,9-12,19-20,24-25H2,1-8H3,(H,57,59)(H2,56,58,82)/t43-,44-,45-,46-,47+,48-,49+,50-,52-,53+/m1/s1. The molecule has 2 fully saturated rings. The number of carbonyl (C=O) groups is 9. The van der Waals surface area contributed by atoms with E-state index in [1.165, 1.54) is 32.9 Å². The molecule has 442 valence electrons. The van der Waals surface area contributed by atoms with Gasteiger partial charge < -0.3 is 82.6 Å². The van der Waals surface area contributed by atoms with Crippen LogP contribution < -0.4 is 30.2 Å². The van der Waals surface area contributed by atoms with Crippen molar-refractivity contribution in [1.82, 2.24) is 10.6 Å². The fraction of sp³-hybridized carbons (Fsp3) is 0.491. The molecule has 2 saturated heterocycles. The summed E-state index contributed by atoms with van der Waals surface area (Å²) in [6, 6.07) is 13.2. The minimum absolute atomic E-state index is 0.0488. The number of hydrogen-bond donors (Lipinski definition) is 4. The Morgan fingerprint density at radius 3 is 1.73 bits per heavy atom. The predicted octanol–water partition coefficient (Wildman–Crippen LogP) is 3.59. The molecule has 3 aromatic rings. The molecular formula is C55H63N3O23S. The van der Waals surface area contributed by atoms with Gasteiger partial charge in [-0.05, 0) is 61.5 Å². The molecule has 27 heteroatoms. The number of ether oxygens (including phenoxy) is 13. The number of fused-ring (bicyclic) bond motifs is 6. The third-order valence-electron chi connectivity index (χ3n) is 12.9. The van der Waals surface area contributed by atoms with E-state index in [0.29, 0.717) is 54.6 Å². The first-order chi connectivity index (χ1) is 38.9. The number of esters is 8. The van der Waals surface area contributed by atoms with E-state index in [0.717, 1.165) is 34.6 Å². The molecular weight excluding hydrogens is 1100 g/mol. The van der Waals surface area contributed by atoms with Gasteiger partial charge >= 0.3 is 47.8 Å². The molecule has 1 spiro atoms. The summed E-state index contributed by atoms with van der Waals surface area (Å²) in [6.07, 6.45) is -11.6. The zero-order valence-corrected chi connectivity index (χ0v) is 46.8. The highest BCUT2D eigenvalue weighted by Crippen LogP contribution is 2.57. The molecule has 7 rings (SSSR count). The normalized spacial score (nSPS) is 23.6. The molecule has 4 aliphatic rings. The molecule has 4 N–H and O–H groups in total. The summed E-state index contributed by atoms with van der Waals surface area (Å²) in [6.45, 7) is 8.53. The maximum absolute atomic E-state index is 13.8. The Balaban J connectivity index is 0.982. The molecule has 4 aliphatic heterocycles. The van der Waals surface area contributed by atoms with Gasteiger partial charge in [-0.1, -0.05) is 18.9 Å². The first kappa shape index (κ1) is 61.8. The molecule has 0 bridgehead atoms. The van der Waals surface area contributed by atoms with E-state index in [9.17, 15) is 48.3 Å². The number of aliphatic hydroxyl groups is 1. The second-order valence-corrected chi connectivity index (χ2v) is 19.7. The number of rotatable bonds is 21. The van der Waals surface area contributed by atoms with Crippen molar-refractivity contribution in [3.63, 3.8) is 0 Å². The highest BCUT2D eigenvalue weighted by atomic mass is 32.1. The van der Waals surface area contributed by atoms with Gasteiger partial charge in [-0.15, -0.1) is 0 Å². The minimum atomic E-state index is -1.78. The Kier molecular flexibility index (Phi) is 20.6. The maximum Gasteiger partial charge on any atom is 0.340 e. The van der Waals surface area contributed by atoms with Crippen LogP contribution in [0, 0.1) is 0 Å². The van der Waals surface area contributed by atoms with Gasteiger partial charge in [0, 0.05) is 103 Å². The summed E-state index contributed by atoms with van der Waals surface area (Å²) < 4.78 is 74.7. The molecule has 0 radical (unpaired) electrons. The quantitative estimate of drug-likeness (QED) is 0.0389. The SMILES string of the molecule is CC(=O)N[C@H]1[C@H](OCCCCCCNC(=S)Nc2ccc3c(c2)C(=O)OC32c3ccc(OC(C)=O)cc3Oc3cc(OC(C)=O)ccc32)O[C@H](COC(C)=O)[C@@H](O)[C@@H]1O[C@@H]1O[C@H](COC(C)=O)[C@H](OC(C)=O)[C@H](OC(C)=O)[C@H]1OC(C)=O. The average Bonchev–Trinajstić information content (AvgIpc) is 2.40. The monoisotopic (exact) mass is 1170 g/mol. The Bertz CT molecular complexity index is 2890. The lowest BCUT2D eigenvalue weighted by atomic mass is 9.77. The minimum Gasteiger partial charge on any atom is -0.463 e. The summed E-state index contributed by atoms with van der Waals surface area (Å²) in [5, 5.41) is 21.0. The molecule has 4 heterocycles. The molecule has 0 saturated carbocycles. The number of thiocarbonyl (C=S) groups is 1. The summed E-state index contributed by atoms with van der Waals surface area (Å²) in [5.41, 5.74) is 0.644. The smallest absolute Gasteiger partial charge is 0.340 e. The molecule has 10 atom stereocenters. The Morgan fingerprint density at radius 2 is 1.16 bits per heavy atom. The van der Waals surface area contributed by atoms with Crippen LogP contribution in [0.5, 0.6) is 23.0 Å². The van der Waals surface area contributed by atoms with Crippen molar-refractivity contribution < 1.29 is 110 Å². The topological polar surface area (TPSA) is 330 Å². The second-order valence-electron chi connectivity index (χ2n) is 19.3. The summed E-state index contributed by atoms with van der Waals surface area (Å²) in [7, 11) is 0. The fourth-order valence-corrected chi connectivity index (χ4v) is 10.0. The molecule has 0 unspecified atom stereocenters. The Labute approximate surface area is 475 Å². The first-order valence-electron chi connectivity index (χ1n) is 26.0. The summed E-state index contributed by atoms with van der Waals surface area (Å²) in [4.78, 5) is 111. The van der Waals surface area contributed by atoms with Gasteiger partial charge in [-0.3, -0.25) is 38.4 Å². The van der Waals surface area contributed by atoms with Crippen molar-refractivity contribution in [1.29, 1.82) is 0 Å². The third-order valence-corrected chi connectivity index (χ3v) is 13.1. The average molecular weight is 1170 g/mol. The number of nitrogens with one attached hydrogen (secondary N) is 3. The van der Waals surface area contributed by atoms with Crippen LogP contribution in [-0.2, 0) is 91.3 Å². The van der Waals surface area contributed by atoms with Crippen LogP contribution in [0.15, 0.2) is 54.6 Å². The Morgan fingerprint density at radius 1 is 0.610 bits per heavy atom. The van der Waals surface area contributed by atoms with E-state index < -0.39 is 134 Å². The van der Waals surface area contributed by atoms with E-state index in [1.807, 2.05) is 0 Å². The number of anilines is 1.